The normalized spacial score (nSPS) is 17.8. The van der Waals surface area contributed by atoms with Crippen molar-refractivity contribution in [1.82, 2.24) is 0 Å². The third-order valence-electron chi connectivity index (χ3n) is 1.63. The lowest BCUT2D eigenvalue weighted by Gasteiger charge is -1.97. The molecule has 1 heterocycles. The molecular weight excluding hydrogens is 156 g/mol. The number of hydrogen-bond acceptors (Lipinski definition) is 3. The van der Waals surface area contributed by atoms with E-state index in [9.17, 15) is 4.79 Å². The molecule has 0 aromatic heterocycles. The minimum atomic E-state index is -2.62. The fourth-order valence-electron chi connectivity index (χ4n) is 1.04. The molecule has 0 fully saturated rings. The number of carbonyl (C=O) groups is 1. The fourth-order valence-corrected chi connectivity index (χ4v) is 1.04. The van der Waals surface area contributed by atoms with Crippen LogP contribution >= 0.6 is 0 Å². The Kier molecular flexibility index (Phi) is 0.943. The van der Waals surface area contributed by atoms with Gasteiger partial charge in [-0.25, -0.2) is 0 Å². The summed E-state index contributed by atoms with van der Waals surface area (Å²) in [4.78, 5) is 11.4. The van der Waals surface area contributed by atoms with E-state index >= 15 is 0 Å². The lowest BCUT2D eigenvalue weighted by molar-refractivity contribution is 0.101. The number of ketones is 1. The van der Waals surface area contributed by atoms with E-state index in [1.807, 2.05) is 0 Å². The molecule has 1 aromatic carbocycles. The first-order valence-electron chi connectivity index (χ1n) is 4.93. The molecule has 62 valence electrons. The molecule has 2 rings (SSSR count). The number of benzene rings is 1. The maximum atomic E-state index is 11.4. The van der Waals surface area contributed by atoms with Crippen molar-refractivity contribution in [2.45, 2.75) is 6.85 Å². The summed E-state index contributed by atoms with van der Waals surface area (Å²) >= 11 is 0. The largest absolute Gasteiger partial charge is 0.454 e. The van der Waals surface area contributed by atoms with Gasteiger partial charge in [0.15, 0.2) is 17.3 Å². The summed E-state index contributed by atoms with van der Waals surface area (Å²) in [7, 11) is 0. The van der Waals surface area contributed by atoms with Gasteiger partial charge < -0.3 is 9.47 Å². The van der Waals surface area contributed by atoms with Crippen molar-refractivity contribution < 1.29 is 18.4 Å². The van der Waals surface area contributed by atoms with Crippen LogP contribution in [0.25, 0.3) is 0 Å². The molecule has 0 radical (unpaired) electrons. The lowest BCUT2D eigenvalue weighted by atomic mass is 10.1. The van der Waals surface area contributed by atoms with Crippen molar-refractivity contribution in [3.8, 4) is 11.5 Å². The van der Waals surface area contributed by atoms with Crippen LogP contribution in [0.15, 0.2) is 18.2 Å². The summed E-state index contributed by atoms with van der Waals surface area (Å²) < 4.78 is 31.0. The monoisotopic (exact) mass is 167 g/mol. The van der Waals surface area contributed by atoms with Gasteiger partial charge in [0.2, 0.25) is 6.79 Å². The van der Waals surface area contributed by atoms with E-state index in [0.717, 1.165) is 0 Å². The molecule has 0 saturated carbocycles. The van der Waals surface area contributed by atoms with Gasteiger partial charge >= 0.3 is 0 Å². The van der Waals surface area contributed by atoms with Crippen LogP contribution in [-0.2, 0) is 0 Å². The Labute approximate surface area is 74.1 Å². The summed E-state index contributed by atoms with van der Waals surface area (Å²) in [6, 6.07) is 4.33. The van der Waals surface area contributed by atoms with Crippen LogP contribution in [-0.4, -0.2) is 12.6 Å². The predicted molar refractivity (Wildman–Crippen MR) is 42.6 cm³/mol. The average molecular weight is 167 g/mol. The minimum Gasteiger partial charge on any atom is -0.454 e. The van der Waals surface area contributed by atoms with Gasteiger partial charge in [0.1, 0.15) is 0 Å². The maximum absolute atomic E-state index is 11.4. The number of rotatable bonds is 1. The molecule has 1 aromatic rings. The SMILES string of the molecule is [2H]C([2H])([2H])C(=O)c1ccc2c(c1)OCO2. The van der Waals surface area contributed by atoms with Gasteiger partial charge in [-0.3, -0.25) is 4.79 Å². The molecule has 0 atom stereocenters. The maximum Gasteiger partial charge on any atom is 0.231 e. The first-order chi connectivity index (χ1) is 6.98. The quantitative estimate of drug-likeness (QED) is 0.596. The van der Waals surface area contributed by atoms with Gasteiger partial charge in [0.05, 0.1) is 0 Å². The second kappa shape index (κ2) is 2.52. The Hall–Kier alpha value is -1.51. The summed E-state index contributed by atoms with van der Waals surface area (Å²) in [6.45, 7) is -2.52. The van der Waals surface area contributed by atoms with E-state index in [0.29, 0.717) is 11.5 Å². The summed E-state index contributed by atoms with van der Waals surface area (Å²) in [5, 5.41) is 0. The fraction of sp³-hybridized carbons (Fsp3) is 0.222. The van der Waals surface area contributed by atoms with E-state index in [4.69, 9.17) is 13.6 Å². The minimum absolute atomic E-state index is 0.0980. The third-order valence-corrected chi connectivity index (χ3v) is 1.63. The van der Waals surface area contributed by atoms with E-state index in [1.54, 1.807) is 0 Å². The highest BCUT2D eigenvalue weighted by molar-refractivity contribution is 5.94. The summed E-state index contributed by atoms with van der Waals surface area (Å²) in [5.74, 6) is 0.0444. The Balaban J connectivity index is 2.35. The highest BCUT2D eigenvalue weighted by atomic mass is 16.7. The molecule has 1 aliphatic rings. The van der Waals surface area contributed by atoms with E-state index < -0.39 is 12.6 Å². The first-order valence-corrected chi connectivity index (χ1v) is 3.43. The Morgan fingerprint density at radius 3 is 3.17 bits per heavy atom. The molecular formula is C9H8O3. The second-order valence-corrected chi connectivity index (χ2v) is 2.40. The number of ether oxygens (including phenoxy) is 2. The zero-order chi connectivity index (χ0) is 11.1. The van der Waals surface area contributed by atoms with Gasteiger partial charge in [-0.2, -0.15) is 0 Å². The standard InChI is InChI=1S/C9H8O3/c1-6(10)7-2-3-8-9(4-7)12-5-11-8/h2-4H,5H2,1H3/i1D3. The van der Waals surface area contributed by atoms with Crippen molar-refractivity contribution in [1.29, 1.82) is 0 Å². The smallest absolute Gasteiger partial charge is 0.231 e. The summed E-state index contributed by atoms with van der Waals surface area (Å²) in [6.07, 6.45) is 0. The van der Waals surface area contributed by atoms with Crippen LogP contribution in [0.3, 0.4) is 0 Å². The van der Waals surface area contributed by atoms with Crippen LogP contribution < -0.4 is 9.47 Å². The van der Waals surface area contributed by atoms with Crippen molar-refractivity contribution in [2.24, 2.45) is 0 Å². The van der Waals surface area contributed by atoms with E-state index in [-0.39, 0.29) is 12.4 Å². The molecule has 0 amide bonds. The van der Waals surface area contributed by atoms with Gasteiger partial charge in [-0.15, -0.1) is 0 Å². The number of carbonyl (C=O) groups excluding carboxylic acids is 1. The van der Waals surface area contributed by atoms with Crippen LogP contribution in [0.4, 0.5) is 0 Å². The zero-order valence-electron chi connectivity index (χ0n) is 9.16. The number of fused-ring (bicyclic) bond motifs is 1. The molecule has 12 heavy (non-hydrogen) atoms. The lowest BCUT2D eigenvalue weighted by Crippen LogP contribution is -1.93. The van der Waals surface area contributed by atoms with Crippen molar-refractivity contribution >= 4 is 5.78 Å². The molecule has 0 N–H and O–H groups in total. The van der Waals surface area contributed by atoms with Crippen molar-refractivity contribution in [3.63, 3.8) is 0 Å². The summed E-state index contributed by atoms with van der Waals surface area (Å²) in [5.41, 5.74) is 0.110. The van der Waals surface area contributed by atoms with E-state index in [1.165, 1.54) is 18.2 Å². The first kappa shape index (κ1) is 4.50. The molecule has 3 nitrogen and oxygen atoms in total. The van der Waals surface area contributed by atoms with Gasteiger partial charge in [0, 0.05) is 9.68 Å². The predicted octanol–water partition coefficient (Wildman–Crippen LogP) is 1.62. The highest BCUT2D eigenvalue weighted by Gasteiger charge is 2.13. The Morgan fingerprint density at radius 1 is 1.50 bits per heavy atom. The number of hydrogen-bond donors (Lipinski definition) is 0. The highest BCUT2D eigenvalue weighted by Crippen LogP contribution is 2.32. The van der Waals surface area contributed by atoms with Crippen LogP contribution in [0, 0.1) is 0 Å². The van der Waals surface area contributed by atoms with Gasteiger partial charge in [-0.05, 0) is 25.1 Å². The van der Waals surface area contributed by atoms with Gasteiger partial charge in [-0.1, -0.05) is 0 Å². The average Bonchev–Trinajstić information content (AvgIpc) is 2.61. The van der Waals surface area contributed by atoms with Crippen molar-refractivity contribution in [3.05, 3.63) is 23.8 Å². The second-order valence-electron chi connectivity index (χ2n) is 2.40. The number of Topliss-reactive ketones (excluding diaryl/α,β-unsaturated/α-hetero) is 1. The molecule has 1 aliphatic heterocycles. The van der Waals surface area contributed by atoms with Crippen molar-refractivity contribution in [2.75, 3.05) is 6.79 Å². The van der Waals surface area contributed by atoms with Gasteiger partial charge in [0.25, 0.3) is 0 Å². The molecule has 0 spiro atoms. The zero-order valence-corrected chi connectivity index (χ0v) is 6.16. The van der Waals surface area contributed by atoms with E-state index in [2.05, 4.69) is 0 Å². The van der Waals surface area contributed by atoms with Crippen LogP contribution in [0.2, 0.25) is 0 Å². The van der Waals surface area contributed by atoms with Crippen LogP contribution in [0.5, 0.6) is 11.5 Å². The Morgan fingerprint density at radius 2 is 2.33 bits per heavy atom. The van der Waals surface area contributed by atoms with Crippen LogP contribution in [0.1, 0.15) is 21.3 Å². The molecule has 0 bridgehead atoms. The Bertz CT molecular complexity index is 412. The molecule has 0 aliphatic carbocycles. The molecule has 0 saturated heterocycles. The third kappa shape index (κ3) is 1.03. The molecule has 0 unspecified atom stereocenters. The topological polar surface area (TPSA) is 35.5 Å². The molecule has 3 heteroatoms.